The van der Waals surface area contributed by atoms with E-state index in [0.29, 0.717) is 12.1 Å². The highest BCUT2D eigenvalue weighted by atomic mass is 19.1. The van der Waals surface area contributed by atoms with Crippen LogP contribution in [0.5, 0.6) is 0 Å². The number of carbonyl (C=O) groups is 1. The third kappa shape index (κ3) is 4.23. The molecule has 1 aliphatic rings. The quantitative estimate of drug-likeness (QED) is 0.766. The largest absolute Gasteiger partial charge is 0.437 e. The van der Waals surface area contributed by atoms with Crippen molar-refractivity contribution in [3.8, 4) is 0 Å². The third-order valence-corrected chi connectivity index (χ3v) is 4.64. The van der Waals surface area contributed by atoms with E-state index in [1.54, 1.807) is 0 Å². The highest BCUT2D eigenvalue weighted by Crippen LogP contribution is 2.19. The Balaban J connectivity index is 1.39. The second kappa shape index (κ2) is 7.72. The Hall–Kier alpha value is -2.99. The molecule has 2 aromatic carbocycles. The number of halogens is 1. The molecule has 0 bridgehead atoms. The van der Waals surface area contributed by atoms with Crippen LogP contribution < -0.4 is 5.32 Å². The van der Waals surface area contributed by atoms with E-state index in [2.05, 4.69) is 15.2 Å². The number of nitrogens with one attached hydrogen (secondary N) is 1. The maximum absolute atomic E-state index is 13.0. The highest BCUT2D eigenvalue weighted by molar-refractivity contribution is 6.00. The minimum absolute atomic E-state index is 0.107. The molecule has 6 heteroatoms. The molecule has 1 amide bonds. The van der Waals surface area contributed by atoms with Gasteiger partial charge < -0.3 is 9.73 Å². The van der Waals surface area contributed by atoms with Crippen molar-refractivity contribution in [1.82, 2.24) is 9.88 Å². The minimum Gasteiger partial charge on any atom is -0.437 e. The van der Waals surface area contributed by atoms with Gasteiger partial charge in [0.15, 0.2) is 0 Å². The van der Waals surface area contributed by atoms with Gasteiger partial charge >= 0.3 is 5.91 Å². The lowest BCUT2D eigenvalue weighted by atomic mass is 10.2. The molecule has 1 N–H and O–H groups in total. The Kier molecular flexibility index (Phi) is 4.98. The van der Waals surface area contributed by atoms with Crippen molar-refractivity contribution < 1.29 is 13.6 Å². The number of aromatic nitrogens is 1. The predicted octanol–water partition coefficient (Wildman–Crippen LogP) is 3.67. The van der Waals surface area contributed by atoms with Crippen molar-refractivity contribution in [2.75, 3.05) is 18.4 Å². The second-order valence-corrected chi connectivity index (χ2v) is 6.61. The monoisotopic (exact) mass is 365 g/mol. The number of benzene rings is 2. The molecule has 0 spiro atoms. The normalized spacial score (nSPS) is 14.4. The van der Waals surface area contributed by atoms with E-state index in [0.717, 1.165) is 43.1 Å². The first-order valence-corrected chi connectivity index (χ1v) is 8.99. The van der Waals surface area contributed by atoms with Crippen LogP contribution in [0.15, 0.2) is 59.0 Å². The molecule has 4 rings (SSSR count). The van der Waals surface area contributed by atoms with Gasteiger partial charge in [0.1, 0.15) is 11.6 Å². The van der Waals surface area contributed by atoms with Gasteiger partial charge in [-0.1, -0.05) is 30.3 Å². The summed E-state index contributed by atoms with van der Waals surface area (Å²) in [6.45, 7) is 2.38. The molecule has 0 saturated carbocycles. The molecule has 1 aliphatic heterocycles. The Morgan fingerprint density at radius 1 is 1.07 bits per heavy atom. The van der Waals surface area contributed by atoms with Crippen molar-refractivity contribution in [2.24, 2.45) is 0 Å². The molecule has 0 unspecified atom stereocenters. The fraction of sp³-hybridized carbons (Fsp3) is 0.238. The number of anilines is 1. The van der Waals surface area contributed by atoms with Crippen molar-refractivity contribution in [3.63, 3.8) is 0 Å². The van der Waals surface area contributed by atoms with Crippen molar-refractivity contribution in [2.45, 2.75) is 19.4 Å². The number of carbonyl (C=O) groups excluding carboxylic acids is 1. The number of para-hydroxylation sites is 1. The molecule has 138 valence electrons. The Labute approximate surface area is 156 Å². The van der Waals surface area contributed by atoms with Crippen LogP contribution in [0.4, 0.5) is 10.1 Å². The maximum atomic E-state index is 13.0. The van der Waals surface area contributed by atoms with E-state index in [1.165, 1.54) is 12.1 Å². The molecule has 0 atom stereocenters. The number of hydrogen-bond donors (Lipinski definition) is 1. The summed E-state index contributed by atoms with van der Waals surface area (Å²) in [4.78, 5) is 19.0. The summed E-state index contributed by atoms with van der Waals surface area (Å²) < 4.78 is 18.8. The van der Waals surface area contributed by atoms with Crippen LogP contribution in [0, 0.1) is 5.82 Å². The molecule has 0 saturated heterocycles. The van der Waals surface area contributed by atoms with Crippen molar-refractivity contribution in [1.29, 1.82) is 0 Å². The fourth-order valence-corrected chi connectivity index (χ4v) is 3.22. The first-order valence-electron chi connectivity index (χ1n) is 8.99. The van der Waals surface area contributed by atoms with E-state index in [4.69, 9.17) is 4.42 Å². The Bertz CT molecular complexity index is 897. The molecule has 0 radical (unpaired) electrons. The number of hydrogen-bond acceptors (Lipinski definition) is 4. The van der Waals surface area contributed by atoms with Gasteiger partial charge in [0.2, 0.25) is 0 Å². The highest BCUT2D eigenvalue weighted by Gasteiger charge is 2.23. The summed E-state index contributed by atoms with van der Waals surface area (Å²) in [5.74, 6) is 0.322. The molecule has 5 nitrogen and oxygen atoms in total. The summed E-state index contributed by atoms with van der Waals surface area (Å²) >= 11 is 0. The van der Waals surface area contributed by atoms with Crippen molar-refractivity contribution >= 4 is 11.6 Å². The van der Waals surface area contributed by atoms with Gasteiger partial charge in [-0.15, -0.1) is 0 Å². The zero-order valence-corrected chi connectivity index (χ0v) is 14.8. The van der Waals surface area contributed by atoms with Crippen LogP contribution in [-0.4, -0.2) is 28.9 Å². The van der Waals surface area contributed by atoms with E-state index < -0.39 is 0 Å². The average molecular weight is 365 g/mol. The van der Waals surface area contributed by atoms with Crippen LogP contribution in [-0.2, 0) is 19.4 Å². The zero-order valence-electron chi connectivity index (χ0n) is 14.8. The molecule has 27 heavy (non-hydrogen) atoms. The first kappa shape index (κ1) is 17.4. The molecule has 1 aromatic heterocycles. The SMILES string of the molecule is O=C(Nc1ccccc1)c1nc2c(o1)CCN(Cc1ccc(F)cc1)CC2. The van der Waals surface area contributed by atoms with Gasteiger partial charge in [0, 0.05) is 38.2 Å². The molecule has 0 aliphatic carbocycles. The number of amides is 1. The van der Waals surface area contributed by atoms with Crippen LogP contribution in [0.3, 0.4) is 0 Å². The lowest BCUT2D eigenvalue weighted by Crippen LogP contribution is -2.26. The van der Waals surface area contributed by atoms with Gasteiger partial charge in [-0.2, -0.15) is 0 Å². The Morgan fingerprint density at radius 2 is 1.81 bits per heavy atom. The van der Waals surface area contributed by atoms with Gasteiger partial charge in [-0.05, 0) is 29.8 Å². The molecular formula is C21H20FN3O2. The van der Waals surface area contributed by atoms with Crippen LogP contribution >= 0.6 is 0 Å². The number of fused-ring (bicyclic) bond motifs is 1. The smallest absolute Gasteiger partial charge is 0.311 e. The minimum atomic E-state index is -0.336. The summed E-state index contributed by atoms with van der Waals surface area (Å²) in [5.41, 5.74) is 2.63. The van der Waals surface area contributed by atoms with Gasteiger partial charge in [0.25, 0.3) is 5.89 Å². The maximum Gasteiger partial charge on any atom is 0.311 e. The van der Waals surface area contributed by atoms with Gasteiger partial charge in [-0.25, -0.2) is 9.37 Å². The lowest BCUT2D eigenvalue weighted by molar-refractivity contribution is 0.0988. The van der Waals surface area contributed by atoms with Crippen LogP contribution in [0.25, 0.3) is 0 Å². The number of oxazole rings is 1. The number of rotatable bonds is 4. The predicted molar refractivity (Wildman–Crippen MR) is 100.0 cm³/mol. The number of nitrogens with zero attached hydrogens (tertiary/aromatic N) is 2. The average Bonchev–Trinajstić information content (AvgIpc) is 3.01. The van der Waals surface area contributed by atoms with Crippen molar-refractivity contribution in [3.05, 3.63) is 83.3 Å². The summed E-state index contributed by atoms with van der Waals surface area (Å²) in [7, 11) is 0. The summed E-state index contributed by atoms with van der Waals surface area (Å²) in [5, 5.41) is 2.79. The molecule has 2 heterocycles. The van der Waals surface area contributed by atoms with Gasteiger partial charge in [0.05, 0.1) is 5.69 Å². The van der Waals surface area contributed by atoms with Gasteiger partial charge in [-0.3, -0.25) is 9.69 Å². The van der Waals surface area contributed by atoms with E-state index >= 15 is 0 Å². The molecule has 3 aromatic rings. The van der Waals surface area contributed by atoms with Crippen LogP contribution in [0.1, 0.15) is 27.7 Å². The topological polar surface area (TPSA) is 58.4 Å². The van der Waals surface area contributed by atoms with E-state index in [9.17, 15) is 9.18 Å². The van der Waals surface area contributed by atoms with E-state index in [-0.39, 0.29) is 17.6 Å². The first-order chi connectivity index (χ1) is 13.2. The zero-order chi connectivity index (χ0) is 18.6. The molecule has 0 fully saturated rings. The third-order valence-electron chi connectivity index (χ3n) is 4.64. The van der Waals surface area contributed by atoms with Crippen LogP contribution in [0.2, 0.25) is 0 Å². The lowest BCUT2D eigenvalue weighted by Gasteiger charge is -2.19. The second-order valence-electron chi connectivity index (χ2n) is 6.61. The Morgan fingerprint density at radius 3 is 2.59 bits per heavy atom. The summed E-state index contributed by atoms with van der Waals surface area (Å²) in [6, 6.07) is 15.8. The standard InChI is InChI=1S/C21H20FN3O2/c22-16-8-6-15(7-9-16)14-25-12-10-18-19(11-13-25)27-21(24-18)20(26)23-17-4-2-1-3-5-17/h1-9H,10-14H2,(H,23,26). The molecular weight excluding hydrogens is 345 g/mol. The summed E-state index contributed by atoms with van der Waals surface area (Å²) in [6.07, 6.45) is 1.42. The van der Waals surface area contributed by atoms with E-state index in [1.807, 2.05) is 42.5 Å². The fourth-order valence-electron chi connectivity index (χ4n) is 3.22.